The largest absolute Gasteiger partial charge is 0.265 e. The van der Waals surface area contributed by atoms with E-state index in [-0.39, 0.29) is 5.41 Å². The quantitative estimate of drug-likeness (QED) is 0.543. The molecular weight excluding hydrogens is 261 g/mol. The number of halogens is 1. The van der Waals surface area contributed by atoms with Crippen LogP contribution >= 0.6 is 22.6 Å². The molecule has 0 aliphatic rings. The van der Waals surface area contributed by atoms with Gasteiger partial charge in [0.15, 0.2) is 0 Å². The van der Waals surface area contributed by atoms with Gasteiger partial charge in [0.25, 0.3) is 0 Å². The number of hydrogen-bond acceptors (Lipinski definition) is 1. The van der Waals surface area contributed by atoms with Crippen molar-refractivity contribution in [3.8, 4) is 0 Å². The number of rotatable bonds is 3. The first kappa shape index (κ1) is 12.1. The predicted molar refractivity (Wildman–Crippen MR) is 65.0 cm³/mol. The van der Waals surface area contributed by atoms with E-state index in [1.54, 1.807) is 0 Å². The third-order valence-corrected chi connectivity index (χ3v) is 2.58. The summed E-state index contributed by atoms with van der Waals surface area (Å²) >= 11 is 2.27. The molecule has 0 radical (unpaired) electrons. The highest BCUT2D eigenvalue weighted by Crippen LogP contribution is 2.22. The molecule has 0 atom stereocenters. The number of allylic oxidation sites excluding steroid dienone is 1. The van der Waals surface area contributed by atoms with Gasteiger partial charge >= 0.3 is 0 Å². The second kappa shape index (κ2) is 5.00. The summed E-state index contributed by atoms with van der Waals surface area (Å²) in [7, 11) is 0. The summed E-state index contributed by atoms with van der Waals surface area (Å²) in [5.41, 5.74) is 1.45. The first-order valence-corrected chi connectivity index (χ1v) is 5.35. The molecule has 0 heterocycles. The Bertz CT molecular complexity index is 198. The molecule has 70 valence electrons. The Hall–Kier alpha value is 0.140. The summed E-state index contributed by atoms with van der Waals surface area (Å²) in [6, 6.07) is 0. The van der Waals surface area contributed by atoms with Crippen LogP contribution < -0.4 is 0 Å². The van der Waals surface area contributed by atoms with Crippen LogP contribution in [0, 0.1) is 5.41 Å². The van der Waals surface area contributed by atoms with Gasteiger partial charge in [-0.05, 0) is 42.9 Å². The van der Waals surface area contributed by atoms with Gasteiger partial charge in [0.05, 0.1) is 0 Å². The van der Waals surface area contributed by atoms with Crippen molar-refractivity contribution in [1.82, 2.24) is 0 Å². The molecule has 0 saturated carbocycles. The minimum absolute atomic E-state index is 0.239. The number of hydrogen-bond donors (Lipinski definition) is 0. The van der Waals surface area contributed by atoms with E-state index in [0.29, 0.717) is 0 Å². The molecule has 0 aromatic carbocycles. The molecule has 0 fully saturated rings. The van der Waals surface area contributed by atoms with Gasteiger partial charge in [-0.25, -0.2) is 0 Å². The highest BCUT2D eigenvalue weighted by Gasteiger charge is 2.17. The fraction of sp³-hybridized carbons (Fsp3) is 0.700. The standard InChI is InChI=1S/C10H18IN/c1-6-10(4,5)9(3)12-7-8(2)11/h7H,6H2,1-5H3/b8-7+,12-9+. The van der Waals surface area contributed by atoms with Crippen LogP contribution in [-0.4, -0.2) is 5.71 Å². The molecule has 0 aromatic rings. The summed E-state index contributed by atoms with van der Waals surface area (Å²) < 4.78 is 1.22. The van der Waals surface area contributed by atoms with Gasteiger partial charge in [0.2, 0.25) is 0 Å². The second-order valence-corrected chi connectivity index (χ2v) is 5.37. The Kier molecular flexibility index (Phi) is 5.06. The highest BCUT2D eigenvalue weighted by atomic mass is 127. The second-order valence-electron chi connectivity index (χ2n) is 3.67. The fourth-order valence-electron chi connectivity index (χ4n) is 0.616. The third-order valence-electron chi connectivity index (χ3n) is 2.30. The average Bonchev–Trinajstić information content (AvgIpc) is 2.00. The fourth-order valence-corrected chi connectivity index (χ4v) is 0.756. The van der Waals surface area contributed by atoms with Crippen molar-refractivity contribution in [2.75, 3.05) is 0 Å². The van der Waals surface area contributed by atoms with E-state index in [1.165, 1.54) is 9.29 Å². The summed E-state index contributed by atoms with van der Waals surface area (Å²) in [5.74, 6) is 0. The Morgan fingerprint density at radius 2 is 1.92 bits per heavy atom. The van der Waals surface area contributed by atoms with E-state index in [1.807, 2.05) is 6.20 Å². The van der Waals surface area contributed by atoms with Gasteiger partial charge in [0, 0.05) is 20.9 Å². The Labute approximate surface area is 89.5 Å². The maximum absolute atomic E-state index is 4.41. The molecule has 0 amide bonds. The summed E-state index contributed by atoms with van der Waals surface area (Å²) in [6.45, 7) is 10.8. The molecule has 0 unspecified atom stereocenters. The average molecular weight is 279 g/mol. The van der Waals surface area contributed by atoms with E-state index in [2.05, 4.69) is 62.2 Å². The first-order chi connectivity index (χ1) is 5.40. The molecule has 1 nitrogen and oxygen atoms in total. The lowest BCUT2D eigenvalue weighted by Crippen LogP contribution is -2.19. The molecule has 0 spiro atoms. The van der Waals surface area contributed by atoms with Crippen LogP contribution in [0.3, 0.4) is 0 Å². The summed E-state index contributed by atoms with van der Waals surface area (Å²) in [5, 5.41) is 0. The molecule has 0 aliphatic heterocycles. The van der Waals surface area contributed by atoms with Crippen LogP contribution in [0.2, 0.25) is 0 Å². The Balaban J connectivity index is 4.48. The Morgan fingerprint density at radius 1 is 1.42 bits per heavy atom. The number of nitrogens with zero attached hydrogens (tertiary/aromatic N) is 1. The maximum Gasteiger partial charge on any atom is 0.0357 e. The van der Waals surface area contributed by atoms with Gasteiger partial charge in [-0.3, -0.25) is 4.99 Å². The van der Waals surface area contributed by atoms with Crippen molar-refractivity contribution in [3.05, 3.63) is 9.78 Å². The molecule has 2 heteroatoms. The smallest absolute Gasteiger partial charge is 0.0357 e. The van der Waals surface area contributed by atoms with Gasteiger partial charge in [0.1, 0.15) is 0 Å². The van der Waals surface area contributed by atoms with Crippen LogP contribution in [0.25, 0.3) is 0 Å². The van der Waals surface area contributed by atoms with Crippen molar-refractivity contribution in [2.24, 2.45) is 10.4 Å². The van der Waals surface area contributed by atoms with Gasteiger partial charge in [-0.2, -0.15) is 0 Å². The molecular formula is C10H18IN. The zero-order valence-corrected chi connectivity index (χ0v) is 10.8. The van der Waals surface area contributed by atoms with E-state index < -0.39 is 0 Å². The minimum Gasteiger partial charge on any atom is -0.265 e. The van der Waals surface area contributed by atoms with Crippen LogP contribution in [0.5, 0.6) is 0 Å². The zero-order valence-electron chi connectivity index (χ0n) is 8.61. The molecule has 0 bridgehead atoms. The van der Waals surface area contributed by atoms with E-state index in [0.717, 1.165) is 6.42 Å². The van der Waals surface area contributed by atoms with Crippen molar-refractivity contribution in [2.45, 2.75) is 41.0 Å². The molecule has 0 N–H and O–H groups in total. The van der Waals surface area contributed by atoms with Crippen molar-refractivity contribution in [3.63, 3.8) is 0 Å². The lowest BCUT2D eigenvalue weighted by Gasteiger charge is -2.21. The van der Waals surface area contributed by atoms with Crippen LogP contribution in [0.15, 0.2) is 14.8 Å². The summed E-state index contributed by atoms with van der Waals surface area (Å²) in [6.07, 6.45) is 3.06. The SMILES string of the molecule is CCC(C)(C)/C(C)=N/C=C(\C)I. The minimum atomic E-state index is 0.239. The van der Waals surface area contributed by atoms with Gasteiger partial charge in [-0.15, -0.1) is 0 Å². The monoisotopic (exact) mass is 279 g/mol. The van der Waals surface area contributed by atoms with Crippen LogP contribution in [0.4, 0.5) is 0 Å². The van der Waals surface area contributed by atoms with Crippen molar-refractivity contribution in [1.29, 1.82) is 0 Å². The lowest BCUT2D eigenvalue weighted by molar-refractivity contribution is 0.500. The van der Waals surface area contributed by atoms with Crippen LogP contribution in [-0.2, 0) is 0 Å². The van der Waals surface area contributed by atoms with E-state index >= 15 is 0 Å². The normalized spacial score (nSPS) is 15.2. The van der Waals surface area contributed by atoms with Crippen LogP contribution in [0.1, 0.15) is 41.0 Å². The molecule has 0 saturated heterocycles. The van der Waals surface area contributed by atoms with Gasteiger partial charge in [-0.1, -0.05) is 20.8 Å². The molecule has 0 aromatic heterocycles. The highest BCUT2D eigenvalue weighted by molar-refractivity contribution is 14.1. The van der Waals surface area contributed by atoms with E-state index in [4.69, 9.17) is 0 Å². The van der Waals surface area contributed by atoms with Crippen molar-refractivity contribution < 1.29 is 0 Å². The topological polar surface area (TPSA) is 12.4 Å². The summed E-state index contributed by atoms with van der Waals surface area (Å²) in [4.78, 5) is 4.41. The maximum atomic E-state index is 4.41. The lowest BCUT2D eigenvalue weighted by atomic mass is 9.85. The first-order valence-electron chi connectivity index (χ1n) is 4.27. The molecule has 0 aliphatic carbocycles. The number of aliphatic imine (C=N–C) groups is 1. The Morgan fingerprint density at radius 3 is 2.25 bits per heavy atom. The zero-order chi connectivity index (χ0) is 9.78. The third kappa shape index (κ3) is 4.24. The molecule has 12 heavy (non-hydrogen) atoms. The van der Waals surface area contributed by atoms with Crippen molar-refractivity contribution >= 4 is 28.3 Å². The predicted octanol–water partition coefficient (Wildman–Crippen LogP) is 4.18. The van der Waals surface area contributed by atoms with E-state index in [9.17, 15) is 0 Å². The van der Waals surface area contributed by atoms with Gasteiger partial charge < -0.3 is 0 Å². The molecule has 0 rings (SSSR count).